The number of amides is 2. The van der Waals surface area contributed by atoms with Gasteiger partial charge in [0.15, 0.2) is 0 Å². The molecule has 0 spiro atoms. The molecule has 1 saturated heterocycles. The molecule has 3 heterocycles. The number of benzene rings is 1. The van der Waals surface area contributed by atoms with Gasteiger partial charge in [-0.15, -0.1) is 0 Å². The number of aromatic nitrogens is 3. The average molecular weight is 376 g/mol. The molecule has 1 aromatic carbocycles. The smallest absolute Gasteiger partial charge is 0.317 e. The Morgan fingerprint density at radius 1 is 0.964 bits per heavy atom. The number of hydrogen-bond donors (Lipinski definition) is 1. The van der Waals surface area contributed by atoms with Gasteiger partial charge in [-0.2, -0.15) is 5.10 Å². The number of urea groups is 1. The second-order valence-corrected chi connectivity index (χ2v) is 6.76. The molecule has 0 unspecified atom stereocenters. The molecule has 0 atom stereocenters. The third-order valence-corrected chi connectivity index (χ3v) is 4.94. The molecule has 1 fully saturated rings. The van der Waals surface area contributed by atoms with E-state index in [1.54, 1.807) is 12.4 Å². The summed E-state index contributed by atoms with van der Waals surface area (Å²) in [7, 11) is 0. The van der Waals surface area contributed by atoms with E-state index < -0.39 is 0 Å². The lowest BCUT2D eigenvalue weighted by Crippen LogP contribution is -2.52. The van der Waals surface area contributed by atoms with E-state index in [9.17, 15) is 4.79 Å². The van der Waals surface area contributed by atoms with Crippen molar-refractivity contribution in [3.8, 4) is 5.69 Å². The van der Waals surface area contributed by atoms with Gasteiger partial charge in [0.1, 0.15) is 5.82 Å². The number of nitrogens with one attached hydrogen (secondary N) is 1. The Balaban J connectivity index is 1.21. The van der Waals surface area contributed by atoms with Crippen LogP contribution in [0.25, 0.3) is 5.69 Å². The minimum absolute atomic E-state index is 0.00818. The van der Waals surface area contributed by atoms with E-state index in [1.807, 2.05) is 52.2 Å². The summed E-state index contributed by atoms with van der Waals surface area (Å²) in [4.78, 5) is 20.9. The molecular formula is C21H24N6O. The third kappa shape index (κ3) is 4.31. The Hall–Kier alpha value is -3.35. The van der Waals surface area contributed by atoms with Crippen LogP contribution in [0.4, 0.5) is 10.6 Å². The van der Waals surface area contributed by atoms with Crippen molar-refractivity contribution in [3.63, 3.8) is 0 Å². The molecule has 4 rings (SSSR count). The van der Waals surface area contributed by atoms with Crippen molar-refractivity contribution >= 4 is 11.8 Å². The van der Waals surface area contributed by atoms with Gasteiger partial charge in [0.05, 0.1) is 5.69 Å². The molecule has 7 heteroatoms. The summed E-state index contributed by atoms with van der Waals surface area (Å²) in [6.07, 6.45) is 6.29. The molecular weight excluding hydrogens is 352 g/mol. The van der Waals surface area contributed by atoms with E-state index in [-0.39, 0.29) is 6.03 Å². The molecule has 2 aromatic heterocycles. The zero-order valence-corrected chi connectivity index (χ0v) is 15.7. The molecule has 28 heavy (non-hydrogen) atoms. The highest BCUT2D eigenvalue weighted by Crippen LogP contribution is 2.12. The van der Waals surface area contributed by atoms with E-state index in [4.69, 9.17) is 0 Å². The fourth-order valence-corrected chi connectivity index (χ4v) is 3.34. The van der Waals surface area contributed by atoms with Crippen molar-refractivity contribution in [1.29, 1.82) is 0 Å². The molecule has 1 aliphatic heterocycles. The van der Waals surface area contributed by atoms with Gasteiger partial charge in [-0.3, -0.25) is 0 Å². The van der Waals surface area contributed by atoms with Gasteiger partial charge in [0.2, 0.25) is 0 Å². The van der Waals surface area contributed by atoms with E-state index in [1.165, 1.54) is 5.56 Å². The summed E-state index contributed by atoms with van der Waals surface area (Å²) in [5, 5.41) is 7.26. The summed E-state index contributed by atoms with van der Waals surface area (Å²) >= 11 is 0. The highest BCUT2D eigenvalue weighted by molar-refractivity contribution is 5.74. The van der Waals surface area contributed by atoms with E-state index in [2.05, 4.69) is 32.4 Å². The highest BCUT2D eigenvalue weighted by atomic mass is 16.2. The van der Waals surface area contributed by atoms with Crippen LogP contribution >= 0.6 is 0 Å². The highest BCUT2D eigenvalue weighted by Gasteiger charge is 2.21. The van der Waals surface area contributed by atoms with Crippen LogP contribution < -0.4 is 10.2 Å². The number of carbonyl (C=O) groups excluding carboxylic acids is 1. The Morgan fingerprint density at radius 3 is 2.46 bits per heavy atom. The molecule has 3 aromatic rings. The van der Waals surface area contributed by atoms with Crippen molar-refractivity contribution in [2.45, 2.75) is 6.42 Å². The van der Waals surface area contributed by atoms with Crippen LogP contribution in [0.1, 0.15) is 5.56 Å². The largest absolute Gasteiger partial charge is 0.353 e. The second kappa shape index (κ2) is 8.56. The Kier molecular flexibility index (Phi) is 5.51. The first-order valence-electron chi connectivity index (χ1n) is 9.57. The maximum Gasteiger partial charge on any atom is 0.317 e. The number of piperazine rings is 1. The number of nitrogens with zero attached hydrogens (tertiary/aromatic N) is 5. The molecule has 0 saturated carbocycles. The van der Waals surface area contributed by atoms with Gasteiger partial charge < -0.3 is 15.1 Å². The topological polar surface area (TPSA) is 66.3 Å². The lowest BCUT2D eigenvalue weighted by Gasteiger charge is -2.35. The normalized spacial score (nSPS) is 14.1. The van der Waals surface area contributed by atoms with Gasteiger partial charge in [-0.1, -0.05) is 18.2 Å². The third-order valence-electron chi connectivity index (χ3n) is 4.94. The summed E-state index contributed by atoms with van der Waals surface area (Å²) in [5.41, 5.74) is 2.22. The maximum absolute atomic E-state index is 12.4. The monoisotopic (exact) mass is 376 g/mol. The van der Waals surface area contributed by atoms with Crippen LogP contribution in [0.3, 0.4) is 0 Å². The van der Waals surface area contributed by atoms with Gasteiger partial charge in [0, 0.05) is 51.3 Å². The van der Waals surface area contributed by atoms with Gasteiger partial charge in [-0.05, 0) is 42.3 Å². The number of rotatable bonds is 5. The zero-order chi connectivity index (χ0) is 19.2. The average Bonchev–Trinajstić information content (AvgIpc) is 3.30. The molecule has 2 amide bonds. The lowest BCUT2D eigenvalue weighted by atomic mass is 10.1. The number of anilines is 1. The zero-order valence-electron chi connectivity index (χ0n) is 15.7. The maximum atomic E-state index is 12.4. The van der Waals surface area contributed by atoms with E-state index in [0.717, 1.165) is 31.0 Å². The standard InChI is InChI=1S/C21H24N6O/c28-21(26-16-14-25(15-17-26)20-4-1-2-10-22-20)23-12-9-18-5-7-19(8-6-18)27-13-3-11-24-27/h1-8,10-11,13H,9,12,14-17H2,(H,23,28). The van der Waals surface area contributed by atoms with Crippen LogP contribution in [0, 0.1) is 0 Å². The van der Waals surface area contributed by atoms with Gasteiger partial charge in [0.25, 0.3) is 0 Å². The SMILES string of the molecule is O=C(NCCc1ccc(-n2cccn2)cc1)N1CCN(c2ccccn2)CC1. The molecule has 0 bridgehead atoms. The van der Waals surface area contributed by atoms with Crippen molar-refractivity contribution in [2.75, 3.05) is 37.6 Å². The van der Waals surface area contributed by atoms with Crippen LogP contribution in [-0.2, 0) is 6.42 Å². The lowest BCUT2D eigenvalue weighted by molar-refractivity contribution is 0.194. The first kappa shape index (κ1) is 18.0. The predicted molar refractivity (Wildman–Crippen MR) is 109 cm³/mol. The van der Waals surface area contributed by atoms with Gasteiger partial charge in [-0.25, -0.2) is 14.5 Å². The molecule has 1 N–H and O–H groups in total. The number of carbonyl (C=O) groups is 1. The van der Waals surface area contributed by atoms with E-state index >= 15 is 0 Å². The predicted octanol–water partition coefficient (Wildman–Crippen LogP) is 2.34. The van der Waals surface area contributed by atoms with Crippen LogP contribution in [0.5, 0.6) is 0 Å². The second-order valence-electron chi connectivity index (χ2n) is 6.76. The minimum Gasteiger partial charge on any atom is -0.353 e. The van der Waals surface area contributed by atoms with Crippen molar-refractivity contribution in [2.24, 2.45) is 0 Å². The van der Waals surface area contributed by atoms with Gasteiger partial charge >= 0.3 is 6.03 Å². The minimum atomic E-state index is 0.00818. The summed E-state index contributed by atoms with van der Waals surface area (Å²) in [6, 6.07) is 16.1. The summed E-state index contributed by atoms with van der Waals surface area (Å²) < 4.78 is 1.83. The molecule has 1 aliphatic rings. The summed E-state index contributed by atoms with van der Waals surface area (Å²) in [5.74, 6) is 0.973. The Morgan fingerprint density at radius 2 is 1.79 bits per heavy atom. The van der Waals surface area contributed by atoms with Crippen molar-refractivity contribution in [1.82, 2.24) is 25.0 Å². The fraction of sp³-hybridized carbons (Fsp3) is 0.286. The van der Waals surface area contributed by atoms with E-state index in [0.29, 0.717) is 19.6 Å². The molecule has 0 aliphatic carbocycles. The Bertz CT molecular complexity index is 871. The van der Waals surface area contributed by atoms with Crippen LogP contribution in [-0.4, -0.2) is 58.4 Å². The first-order valence-corrected chi connectivity index (χ1v) is 9.57. The number of hydrogen-bond acceptors (Lipinski definition) is 4. The summed E-state index contributed by atoms with van der Waals surface area (Å²) in [6.45, 7) is 3.65. The molecule has 144 valence electrons. The fourth-order valence-electron chi connectivity index (χ4n) is 3.34. The molecule has 7 nitrogen and oxygen atoms in total. The van der Waals surface area contributed by atoms with Crippen molar-refractivity contribution < 1.29 is 4.79 Å². The number of pyridine rings is 1. The Labute approximate surface area is 164 Å². The quantitative estimate of drug-likeness (QED) is 0.742. The van der Waals surface area contributed by atoms with Crippen LogP contribution in [0.15, 0.2) is 67.1 Å². The van der Waals surface area contributed by atoms with Crippen LogP contribution in [0.2, 0.25) is 0 Å². The van der Waals surface area contributed by atoms with Crippen molar-refractivity contribution in [3.05, 3.63) is 72.7 Å². The molecule has 0 radical (unpaired) electrons. The first-order chi connectivity index (χ1) is 13.8.